The standard InChI is InChI=1S/C8H14N4O2.C4H10N2O2S.C4H7N2O.W/c1-5(2)9-11-7(13)8(14)12-10-6(3)4;1-4(2)5-6-9(3,7)8;1-4(2)6-5-3-7;/h1-4H3,(H,11,13)(H,12,14);6H,1-3H3;1-2H3,(H,5,7);/q;;-1;. The van der Waals surface area contributed by atoms with Crippen molar-refractivity contribution in [1.82, 2.24) is 21.1 Å². The van der Waals surface area contributed by atoms with Crippen molar-refractivity contribution in [3.05, 3.63) is 0 Å². The maximum Gasteiger partial charge on any atom is 0.331 e. The smallest absolute Gasteiger partial charge is 0.331 e. The first-order valence-corrected chi connectivity index (χ1v) is 10.2. The van der Waals surface area contributed by atoms with Crippen molar-refractivity contribution >= 4 is 51.1 Å². The van der Waals surface area contributed by atoms with Crippen LogP contribution in [0.3, 0.4) is 0 Å². The normalized spacial score (nSPS) is 8.55. The minimum atomic E-state index is -3.16. The van der Waals surface area contributed by atoms with Gasteiger partial charge in [-0.2, -0.15) is 15.3 Å². The summed E-state index contributed by atoms with van der Waals surface area (Å²) >= 11 is 0. The summed E-state index contributed by atoms with van der Waals surface area (Å²) in [5.41, 5.74) is 8.97. The largest absolute Gasteiger partial charge is 0.518 e. The second kappa shape index (κ2) is 20.8. The Hall–Kier alpha value is -2.47. The van der Waals surface area contributed by atoms with Crippen LogP contribution in [0.15, 0.2) is 20.4 Å². The summed E-state index contributed by atoms with van der Waals surface area (Å²) < 4.78 is 20.6. The molecule has 0 atom stereocenters. The van der Waals surface area contributed by atoms with E-state index in [9.17, 15) is 22.8 Å². The van der Waals surface area contributed by atoms with Crippen LogP contribution in [0.2, 0.25) is 0 Å². The summed E-state index contributed by atoms with van der Waals surface area (Å²) in [4.78, 5) is 33.3. The van der Waals surface area contributed by atoms with Crippen molar-refractivity contribution in [2.45, 2.75) is 55.4 Å². The van der Waals surface area contributed by atoms with E-state index in [0.717, 1.165) is 12.0 Å². The van der Waals surface area contributed by atoms with E-state index in [1.54, 1.807) is 55.4 Å². The monoisotopic (exact) mass is 631 g/mol. The number of carbonyl (C=O) groups excluding carboxylic acids is 3. The molecule has 0 saturated carbocycles. The van der Waals surface area contributed by atoms with Gasteiger partial charge in [0, 0.05) is 43.9 Å². The Morgan fingerprint density at radius 2 is 1.00 bits per heavy atom. The number of carbonyl (C=O) groups is 2. The first-order valence-electron chi connectivity index (χ1n) is 8.35. The second-order valence-electron chi connectivity index (χ2n) is 6.20. The van der Waals surface area contributed by atoms with Crippen LogP contribution >= 0.6 is 0 Å². The third-order valence-corrected chi connectivity index (χ3v) is 2.15. The quantitative estimate of drug-likeness (QED) is 0.106. The predicted octanol–water partition coefficient (Wildman–Crippen LogP) is -0.0217. The Labute approximate surface area is 198 Å². The van der Waals surface area contributed by atoms with E-state index in [2.05, 4.69) is 31.3 Å². The van der Waals surface area contributed by atoms with Gasteiger partial charge in [0.05, 0.1) is 6.26 Å². The van der Waals surface area contributed by atoms with Gasteiger partial charge in [-0.15, -0.1) is 6.41 Å². The number of amides is 3. The number of sulfonamides is 1. The van der Waals surface area contributed by atoms with E-state index in [-0.39, 0.29) is 21.1 Å². The van der Waals surface area contributed by atoms with Gasteiger partial charge in [-0.1, -0.05) is 0 Å². The van der Waals surface area contributed by atoms with Gasteiger partial charge in [-0.3, -0.25) is 9.59 Å². The van der Waals surface area contributed by atoms with Crippen LogP contribution in [0, 0.1) is 0 Å². The molecule has 0 aliphatic carbocycles. The molecule has 31 heavy (non-hydrogen) atoms. The molecule has 4 N–H and O–H groups in total. The average molecular weight is 631 g/mol. The third-order valence-electron chi connectivity index (χ3n) is 1.73. The Bertz CT molecular complexity index is 746. The molecule has 178 valence electrons. The van der Waals surface area contributed by atoms with Gasteiger partial charge in [-0.05, 0) is 55.4 Å². The first kappa shape index (κ1) is 35.9. The van der Waals surface area contributed by atoms with E-state index in [4.69, 9.17) is 0 Å². The molecule has 0 radical (unpaired) electrons. The molecule has 3 amide bonds. The van der Waals surface area contributed by atoms with Crippen molar-refractivity contribution in [2.24, 2.45) is 20.4 Å². The number of hydrogen-bond donors (Lipinski definition) is 4. The second-order valence-corrected chi connectivity index (χ2v) is 7.92. The zero-order valence-corrected chi connectivity index (χ0v) is 22.9. The fraction of sp³-hybridized carbons (Fsp3) is 0.562. The summed E-state index contributed by atoms with van der Waals surface area (Å²) in [6, 6.07) is 0. The Morgan fingerprint density at radius 1 is 0.677 bits per heavy atom. The topological polar surface area (TPSA) is 183 Å². The van der Waals surface area contributed by atoms with Crippen LogP contribution in [0.1, 0.15) is 55.4 Å². The molecule has 0 aliphatic rings. The molecule has 0 bridgehead atoms. The number of hydrazone groups is 4. The van der Waals surface area contributed by atoms with Gasteiger partial charge in [0.25, 0.3) is 0 Å². The minimum Gasteiger partial charge on any atom is -0.518 e. The average Bonchev–Trinajstić information content (AvgIpc) is 2.61. The van der Waals surface area contributed by atoms with E-state index in [1.807, 2.05) is 10.3 Å². The molecular formula is C16H31N8O5SW-. The molecule has 0 aromatic rings. The van der Waals surface area contributed by atoms with E-state index in [1.165, 1.54) is 6.41 Å². The first-order chi connectivity index (χ1) is 13.6. The maximum absolute atomic E-state index is 11.0. The SMILES string of the molecule is CC(C)=NNC(=O)C(=O)NN=C(C)C.CC(C)=NNS(C)(=O)=O.CC(C)=NN[C-]=O.[W]. The molecule has 0 aromatic heterocycles. The number of rotatable bonds is 6. The Balaban J connectivity index is -0.000000186. The Morgan fingerprint density at radius 3 is 1.16 bits per heavy atom. The van der Waals surface area contributed by atoms with Crippen LogP contribution in [0.25, 0.3) is 0 Å². The number of nitrogens with one attached hydrogen (secondary N) is 4. The third kappa shape index (κ3) is 38.7. The van der Waals surface area contributed by atoms with Crippen molar-refractivity contribution in [1.29, 1.82) is 0 Å². The molecular weight excluding hydrogens is 600 g/mol. The van der Waals surface area contributed by atoms with Gasteiger partial charge in [0.15, 0.2) is 0 Å². The van der Waals surface area contributed by atoms with Gasteiger partial charge < -0.3 is 10.2 Å². The molecule has 0 rings (SSSR count). The van der Waals surface area contributed by atoms with Crippen LogP contribution in [0.5, 0.6) is 0 Å². The fourth-order valence-electron chi connectivity index (χ4n) is 0.736. The molecule has 0 aromatic carbocycles. The summed E-state index contributed by atoms with van der Waals surface area (Å²) in [5.74, 6) is -1.67. The van der Waals surface area contributed by atoms with E-state index < -0.39 is 21.8 Å². The van der Waals surface area contributed by atoms with Crippen molar-refractivity contribution in [3.8, 4) is 0 Å². The number of hydrogen-bond acceptors (Lipinski definition) is 9. The summed E-state index contributed by atoms with van der Waals surface area (Å²) in [6.45, 7) is 13.8. The molecule has 0 saturated heterocycles. The molecule has 15 heteroatoms. The van der Waals surface area contributed by atoms with Gasteiger partial charge in [-0.25, -0.2) is 29.2 Å². The number of nitrogens with zero attached hydrogens (tertiary/aromatic N) is 4. The molecule has 0 aliphatic heterocycles. The maximum atomic E-state index is 11.0. The van der Waals surface area contributed by atoms with Crippen LogP contribution in [-0.2, 0) is 45.5 Å². The van der Waals surface area contributed by atoms with E-state index in [0.29, 0.717) is 17.1 Å². The minimum absolute atomic E-state index is 0. The summed E-state index contributed by atoms with van der Waals surface area (Å²) in [5, 5.41) is 14.1. The van der Waals surface area contributed by atoms with Crippen molar-refractivity contribution < 1.29 is 43.9 Å². The zero-order chi connectivity index (χ0) is 24.3. The van der Waals surface area contributed by atoms with Gasteiger partial charge in [0.2, 0.25) is 10.0 Å². The molecule has 0 heterocycles. The fourth-order valence-corrected chi connectivity index (χ4v) is 1.08. The predicted molar refractivity (Wildman–Crippen MR) is 118 cm³/mol. The van der Waals surface area contributed by atoms with E-state index >= 15 is 0 Å². The van der Waals surface area contributed by atoms with Gasteiger partial charge >= 0.3 is 11.8 Å². The molecule has 0 spiro atoms. The summed E-state index contributed by atoms with van der Waals surface area (Å²) in [7, 11) is -3.16. The Kier molecular flexibility index (Phi) is 24.1. The molecule has 0 fully saturated rings. The zero-order valence-electron chi connectivity index (χ0n) is 19.1. The van der Waals surface area contributed by atoms with Crippen molar-refractivity contribution in [2.75, 3.05) is 6.26 Å². The van der Waals surface area contributed by atoms with Crippen LogP contribution in [-0.4, -0.2) is 55.7 Å². The molecule has 0 unspecified atom stereocenters. The van der Waals surface area contributed by atoms with Crippen molar-refractivity contribution in [3.63, 3.8) is 0 Å². The van der Waals surface area contributed by atoms with Crippen LogP contribution < -0.4 is 21.1 Å². The van der Waals surface area contributed by atoms with Crippen LogP contribution in [0.4, 0.5) is 0 Å². The van der Waals surface area contributed by atoms with Gasteiger partial charge in [0.1, 0.15) is 0 Å². The summed E-state index contributed by atoms with van der Waals surface area (Å²) in [6.07, 6.45) is 2.47. The molecule has 13 nitrogen and oxygen atoms in total.